The number of carbonyl (C=O) groups excluding carboxylic acids is 6. The van der Waals surface area contributed by atoms with Crippen LogP contribution in [-0.2, 0) is 73.3 Å². The summed E-state index contributed by atoms with van der Waals surface area (Å²) in [5, 5.41) is 10.5. The van der Waals surface area contributed by atoms with Crippen LogP contribution in [-0.4, -0.2) is 116 Å². The van der Waals surface area contributed by atoms with Crippen molar-refractivity contribution >= 4 is 51.6 Å². The molecule has 0 aliphatic carbocycles. The average Bonchev–Trinajstić information content (AvgIpc) is 3.18. The van der Waals surface area contributed by atoms with Gasteiger partial charge in [-0.05, 0) is 87.6 Å². The Balaban J connectivity index is 3.21. The van der Waals surface area contributed by atoms with Gasteiger partial charge in [-0.1, -0.05) is 59.6 Å². The number of unbranched alkanes of at least 4 members (excludes halogenated alkanes) is 1. The molecule has 1 aromatic rings. The molecule has 0 aromatic heterocycles. The number of halogens is 1. The van der Waals surface area contributed by atoms with Crippen LogP contribution in [0, 0.1) is 16.2 Å². The predicted octanol–water partition coefficient (Wildman–Crippen LogP) is 5.47. The molecule has 0 saturated heterocycles. The first-order valence-corrected chi connectivity index (χ1v) is 20.5. The zero-order valence-corrected chi connectivity index (χ0v) is 37.7. The highest BCUT2D eigenvalue weighted by atomic mass is 79.9. The minimum atomic E-state index is -1.70. The Hall–Kier alpha value is -3.44. The molecule has 0 spiro atoms. The highest BCUT2D eigenvalue weighted by Gasteiger charge is 2.46. The molecule has 0 saturated carbocycles. The molecule has 58 heavy (non-hydrogen) atoms. The van der Waals surface area contributed by atoms with Gasteiger partial charge in [0, 0.05) is 5.33 Å². The van der Waals surface area contributed by atoms with Gasteiger partial charge in [-0.2, -0.15) is 0 Å². The van der Waals surface area contributed by atoms with Crippen molar-refractivity contribution in [1.82, 2.24) is 0 Å². The first-order valence-electron chi connectivity index (χ1n) is 19.3. The second-order valence-corrected chi connectivity index (χ2v) is 17.5. The zero-order chi connectivity index (χ0) is 44.4. The number of aliphatic hydroxyl groups is 1. The Morgan fingerprint density at radius 2 is 0.966 bits per heavy atom. The van der Waals surface area contributed by atoms with Gasteiger partial charge in [0.25, 0.3) is 0 Å². The van der Waals surface area contributed by atoms with E-state index in [0.29, 0.717) is 23.7 Å². The van der Waals surface area contributed by atoms with Crippen molar-refractivity contribution in [3.05, 3.63) is 35.9 Å². The summed E-state index contributed by atoms with van der Waals surface area (Å²) in [6, 6.07) is 8.93. The number of Topliss-reactive ketones (excluding diaryl/α,β-unsaturated/α-hetero) is 1. The Morgan fingerprint density at radius 3 is 1.41 bits per heavy atom. The van der Waals surface area contributed by atoms with Crippen LogP contribution in [0.5, 0.6) is 0 Å². The molecular weight excluding hydrogens is 824 g/mol. The highest BCUT2D eigenvalue weighted by Crippen LogP contribution is 2.30. The van der Waals surface area contributed by atoms with Gasteiger partial charge in [0.2, 0.25) is 0 Å². The minimum absolute atomic E-state index is 0.0902. The van der Waals surface area contributed by atoms with Gasteiger partial charge in [-0.25, -0.2) is 9.59 Å². The minimum Gasteiger partial charge on any atom is -0.465 e. The lowest BCUT2D eigenvalue weighted by Crippen LogP contribution is -2.49. The van der Waals surface area contributed by atoms with Crippen molar-refractivity contribution in [3.8, 4) is 0 Å². The Bertz CT molecular complexity index is 1510. The molecule has 0 bridgehead atoms. The molecule has 1 aromatic carbocycles. The number of rotatable bonds is 28. The summed E-state index contributed by atoms with van der Waals surface area (Å²) in [5.41, 5.74) is -8.53. The van der Waals surface area contributed by atoms with Gasteiger partial charge in [-0.3, -0.25) is 19.2 Å². The maximum atomic E-state index is 13.7. The third-order valence-electron chi connectivity index (χ3n) is 9.41. The topological polar surface area (TPSA) is 196 Å². The van der Waals surface area contributed by atoms with Gasteiger partial charge in [0.1, 0.15) is 41.7 Å². The Morgan fingerprint density at radius 1 is 0.552 bits per heavy atom. The fraction of sp³-hybridized carbons (Fsp3) is 0.714. The molecule has 16 heteroatoms. The molecule has 0 radical (unpaired) electrons. The number of esters is 5. The predicted molar refractivity (Wildman–Crippen MR) is 216 cm³/mol. The van der Waals surface area contributed by atoms with Crippen LogP contribution >= 0.6 is 15.9 Å². The fourth-order valence-corrected chi connectivity index (χ4v) is 4.53. The quantitative estimate of drug-likeness (QED) is 0.0481. The van der Waals surface area contributed by atoms with Gasteiger partial charge < -0.3 is 43.0 Å². The first-order chi connectivity index (χ1) is 26.8. The number of aliphatic hydroxyl groups excluding tert-OH is 1. The molecule has 3 unspecified atom stereocenters. The number of benzene rings is 1. The van der Waals surface area contributed by atoms with Crippen LogP contribution < -0.4 is 0 Å². The molecule has 15 nitrogen and oxygen atoms in total. The van der Waals surface area contributed by atoms with Gasteiger partial charge >= 0.3 is 29.8 Å². The van der Waals surface area contributed by atoms with E-state index in [0.717, 1.165) is 6.42 Å². The van der Waals surface area contributed by atoms with Gasteiger partial charge in [0.05, 0.1) is 39.6 Å². The van der Waals surface area contributed by atoms with Crippen LogP contribution in [0.25, 0.3) is 0 Å². The number of carbonyl (C=O) groups is 6. The Labute approximate surface area is 351 Å². The second-order valence-electron chi connectivity index (χ2n) is 16.7. The van der Waals surface area contributed by atoms with Crippen LogP contribution in [0.15, 0.2) is 30.3 Å². The van der Waals surface area contributed by atoms with E-state index in [9.17, 15) is 33.9 Å². The summed E-state index contributed by atoms with van der Waals surface area (Å²) in [4.78, 5) is 78.5. The summed E-state index contributed by atoms with van der Waals surface area (Å²) in [7, 11) is 0. The van der Waals surface area contributed by atoms with E-state index < -0.39 is 95.9 Å². The van der Waals surface area contributed by atoms with E-state index in [-0.39, 0.29) is 32.2 Å². The average molecular weight is 890 g/mol. The lowest BCUT2D eigenvalue weighted by atomic mass is 9.91. The fourth-order valence-electron chi connectivity index (χ4n) is 4.30. The molecule has 330 valence electrons. The molecule has 0 heterocycles. The van der Waals surface area contributed by atoms with Crippen LogP contribution in [0.1, 0.15) is 101 Å². The SMILES string of the molecule is CCCCOC(=O)C(C)(CO)COC(=O)C(C)(C)OCC(C)(COC(C)(C)C(=O)OCC(C)(COC(C)(C)C(C)=O)C(=O)OCCCBr)C(=O)OCc1ccccc1. The number of hydrogen-bond acceptors (Lipinski definition) is 15. The number of hydrogen-bond donors (Lipinski definition) is 1. The van der Waals surface area contributed by atoms with Crippen molar-refractivity contribution in [3.63, 3.8) is 0 Å². The molecule has 3 atom stereocenters. The van der Waals surface area contributed by atoms with E-state index in [1.165, 1.54) is 55.4 Å². The molecular formula is C42H65BrO15. The molecule has 1 N–H and O–H groups in total. The summed E-state index contributed by atoms with van der Waals surface area (Å²) in [6.45, 7) is 13.8. The Kier molecular flexibility index (Phi) is 21.2. The van der Waals surface area contributed by atoms with E-state index in [1.807, 2.05) is 13.0 Å². The lowest BCUT2D eigenvalue weighted by Gasteiger charge is -2.35. The van der Waals surface area contributed by atoms with Crippen molar-refractivity contribution in [2.45, 2.75) is 119 Å². The highest BCUT2D eigenvalue weighted by molar-refractivity contribution is 9.09. The first kappa shape index (κ1) is 52.6. The normalized spacial score (nSPS) is 15.2. The van der Waals surface area contributed by atoms with E-state index >= 15 is 0 Å². The van der Waals surface area contributed by atoms with Crippen molar-refractivity contribution in [1.29, 1.82) is 0 Å². The van der Waals surface area contributed by atoms with Gasteiger partial charge in [-0.15, -0.1) is 0 Å². The molecule has 0 fully saturated rings. The smallest absolute Gasteiger partial charge is 0.337 e. The van der Waals surface area contributed by atoms with E-state index in [1.54, 1.807) is 38.1 Å². The maximum Gasteiger partial charge on any atom is 0.337 e. The van der Waals surface area contributed by atoms with E-state index in [4.69, 9.17) is 37.9 Å². The molecule has 1 rings (SSSR count). The molecule has 0 amide bonds. The standard InChI is InChI=1S/C42H65BrO15/c1-12-13-21-51-34(48)40(9,24-44)25-54-32(46)38(5,6)57-28-42(11,36(50)53-23-31-18-15-14-16-19-31)29-58-39(7,8)33(47)55-26-41(10,35(49)52-22-17-20-43)27-56-37(3,4)30(2)45/h14-16,18-19,44H,12-13,17,20-29H2,1-11H3. The summed E-state index contributed by atoms with van der Waals surface area (Å²) in [5.74, 6) is -4.23. The van der Waals surface area contributed by atoms with Crippen molar-refractivity contribution in [2.75, 3.05) is 58.2 Å². The summed E-state index contributed by atoms with van der Waals surface area (Å²) < 4.78 is 45.1. The number of alkyl halides is 1. The largest absolute Gasteiger partial charge is 0.465 e. The zero-order valence-electron chi connectivity index (χ0n) is 36.1. The van der Waals surface area contributed by atoms with E-state index in [2.05, 4.69) is 15.9 Å². The molecule has 0 aliphatic heterocycles. The van der Waals surface area contributed by atoms with Crippen LogP contribution in [0.2, 0.25) is 0 Å². The molecule has 0 aliphatic rings. The monoisotopic (exact) mass is 888 g/mol. The summed E-state index contributed by atoms with van der Waals surface area (Å²) >= 11 is 3.29. The van der Waals surface area contributed by atoms with Crippen LogP contribution in [0.3, 0.4) is 0 Å². The van der Waals surface area contributed by atoms with Crippen LogP contribution in [0.4, 0.5) is 0 Å². The lowest BCUT2D eigenvalue weighted by molar-refractivity contribution is -0.196. The number of ether oxygens (including phenoxy) is 8. The third kappa shape index (κ3) is 16.7. The van der Waals surface area contributed by atoms with Crippen molar-refractivity contribution in [2.24, 2.45) is 16.2 Å². The number of ketones is 1. The van der Waals surface area contributed by atoms with Crippen molar-refractivity contribution < 1.29 is 71.8 Å². The van der Waals surface area contributed by atoms with Gasteiger partial charge in [0.15, 0.2) is 17.0 Å². The maximum absolute atomic E-state index is 13.7. The second kappa shape index (κ2) is 23.4. The third-order valence-corrected chi connectivity index (χ3v) is 9.97. The summed E-state index contributed by atoms with van der Waals surface area (Å²) in [6.07, 6.45) is 1.96.